The molecule has 0 radical (unpaired) electrons. The molecule has 2 unspecified atom stereocenters. The van der Waals surface area contributed by atoms with Crippen molar-refractivity contribution in [2.24, 2.45) is 11.8 Å². The molecule has 1 aromatic rings. The number of aliphatic hydroxyl groups excluding tert-OH is 1. The van der Waals surface area contributed by atoms with Crippen molar-refractivity contribution in [3.63, 3.8) is 0 Å². The molecular formula is C17H28FNO. The van der Waals surface area contributed by atoms with Crippen molar-refractivity contribution >= 4 is 0 Å². The highest BCUT2D eigenvalue weighted by molar-refractivity contribution is 5.26. The first-order chi connectivity index (χ1) is 9.32. The van der Waals surface area contributed by atoms with E-state index in [0.29, 0.717) is 17.4 Å². The van der Waals surface area contributed by atoms with E-state index in [4.69, 9.17) is 0 Å². The first-order valence-corrected chi connectivity index (χ1v) is 7.50. The van der Waals surface area contributed by atoms with Crippen LogP contribution in [0.3, 0.4) is 0 Å². The maximum absolute atomic E-state index is 13.3. The summed E-state index contributed by atoms with van der Waals surface area (Å²) in [5, 5.41) is 14.0. The van der Waals surface area contributed by atoms with Gasteiger partial charge in [0.1, 0.15) is 5.82 Å². The van der Waals surface area contributed by atoms with E-state index in [-0.39, 0.29) is 11.9 Å². The van der Waals surface area contributed by atoms with Gasteiger partial charge in [-0.1, -0.05) is 39.8 Å². The summed E-state index contributed by atoms with van der Waals surface area (Å²) in [6.45, 7) is 11.2. The van der Waals surface area contributed by atoms with Crippen LogP contribution in [0.25, 0.3) is 0 Å². The van der Waals surface area contributed by atoms with Crippen LogP contribution in [-0.2, 0) is 0 Å². The van der Waals surface area contributed by atoms with Crippen molar-refractivity contribution in [2.75, 3.05) is 6.54 Å². The van der Waals surface area contributed by atoms with Crippen LogP contribution >= 0.6 is 0 Å². The Kier molecular flexibility index (Phi) is 6.63. The largest absolute Gasteiger partial charge is 0.387 e. The fourth-order valence-electron chi connectivity index (χ4n) is 2.31. The zero-order valence-electron chi connectivity index (χ0n) is 13.3. The molecular weight excluding hydrogens is 253 g/mol. The van der Waals surface area contributed by atoms with Gasteiger partial charge in [0, 0.05) is 6.04 Å². The molecule has 2 N–H and O–H groups in total. The summed E-state index contributed by atoms with van der Waals surface area (Å²) in [5.41, 5.74) is 1.35. The molecule has 0 fully saturated rings. The standard InChI is InChI=1S/C17H28FNO/c1-11(2)8-9-19-16(12(3)4)17(20)14-6-7-15(18)13(5)10-14/h6-7,10-12,16-17,19-20H,8-9H2,1-5H3. The molecule has 2 atom stereocenters. The molecule has 20 heavy (non-hydrogen) atoms. The van der Waals surface area contributed by atoms with E-state index < -0.39 is 6.10 Å². The second-order valence-corrected chi connectivity index (χ2v) is 6.36. The van der Waals surface area contributed by atoms with Crippen molar-refractivity contribution in [1.29, 1.82) is 0 Å². The molecule has 0 aromatic heterocycles. The van der Waals surface area contributed by atoms with Gasteiger partial charge in [-0.3, -0.25) is 0 Å². The molecule has 0 spiro atoms. The number of benzene rings is 1. The summed E-state index contributed by atoms with van der Waals surface area (Å²) < 4.78 is 13.3. The Morgan fingerprint density at radius 2 is 1.85 bits per heavy atom. The summed E-state index contributed by atoms with van der Waals surface area (Å²) in [6.07, 6.45) is 0.472. The molecule has 2 nitrogen and oxygen atoms in total. The second kappa shape index (κ2) is 7.75. The van der Waals surface area contributed by atoms with Crippen LogP contribution in [-0.4, -0.2) is 17.7 Å². The summed E-state index contributed by atoms with van der Waals surface area (Å²) >= 11 is 0. The molecule has 0 bridgehead atoms. The SMILES string of the molecule is Cc1cc(C(O)C(NCCC(C)C)C(C)C)ccc1F. The van der Waals surface area contributed by atoms with Crippen LogP contribution in [0.5, 0.6) is 0 Å². The minimum atomic E-state index is -0.610. The van der Waals surface area contributed by atoms with Crippen molar-refractivity contribution in [3.8, 4) is 0 Å². The van der Waals surface area contributed by atoms with Gasteiger partial charge in [-0.05, 0) is 48.9 Å². The summed E-state index contributed by atoms with van der Waals surface area (Å²) in [6, 6.07) is 4.82. The summed E-state index contributed by atoms with van der Waals surface area (Å²) in [7, 11) is 0. The maximum atomic E-state index is 13.3. The van der Waals surface area contributed by atoms with Crippen molar-refractivity contribution in [1.82, 2.24) is 5.32 Å². The molecule has 0 aliphatic carbocycles. The first kappa shape index (κ1) is 17.1. The minimum absolute atomic E-state index is 0.0152. The molecule has 0 aliphatic rings. The third-order valence-electron chi connectivity index (χ3n) is 3.68. The van der Waals surface area contributed by atoms with Crippen LogP contribution < -0.4 is 5.32 Å². The van der Waals surface area contributed by atoms with Crippen LogP contribution in [0, 0.1) is 24.6 Å². The number of halogens is 1. The summed E-state index contributed by atoms with van der Waals surface area (Å²) in [4.78, 5) is 0. The molecule has 3 heteroatoms. The Labute approximate surface area is 122 Å². The lowest BCUT2D eigenvalue weighted by atomic mass is 9.92. The molecule has 1 aromatic carbocycles. The number of hydrogen-bond acceptors (Lipinski definition) is 2. The third-order valence-corrected chi connectivity index (χ3v) is 3.68. The van der Waals surface area contributed by atoms with Gasteiger partial charge in [0.2, 0.25) is 0 Å². The lowest BCUT2D eigenvalue weighted by molar-refractivity contribution is 0.104. The van der Waals surface area contributed by atoms with E-state index in [9.17, 15) is 9.50 Å². The average Bonchev–Trinajstić information content (AvgIpc) is 2.36. The normalized spacial score (nSPS) is 14.8. The minimum Gasteiger partial charge on any atom is -0.387 e. The molecule has 0 heterocycles. The van der Waals surface area contributed by atoms with E-state index in [1.54, 1.807) is 19.1 Å². The van der Waals surface area contributed by atoms with Crippen LogP contribution in [0.2, 0.25) is 0 Å². The monoisotopic (exact) mass is 281 g/mol. The van der Waals surface area contributed by atoms with Gasteiger partial charge < -0.3 is 10.4 Å². The maximum Gasteiger partial charge on any atom is 0.126 e. The highest BCUT2D eigenvalue weighted by Crippen LogP contribution is 2.23. The summed E-state index contributed by atoms with van der Waals surface area (Å²) in [5.74, 6) is 0.720. The highest BCUT2D eigenvalue weighted by atomic mass is 19.1. The van der Waals surface area contributed by atoms with Crippen LogP contribution in [0.15, 0.2) is 18.2 Å². The quantitative estimate of drug-likeness (QED) is 0.796. The highest BCUT2D eigenvalue weighted by Gasteiger charge is 2.24. The second-order valence-electron chi connectivity index (χ2n) is 6.36. The van der Waals surface area contributed by atoms with E-state index >= 15 is 0 Å². The molecule has 1 rings (SSSR count). The van der Waals surface area contributed by atoms with Gasteiger partial charge in [0.05, 0.1) is 6.10 Å². The Bertz CT molecular complexity index is 417. The first-order valence-electron chi connectivity index (χ1n) is 7.50. The third kappa shape index (κ3) is 4.88. The molecule has 0 saturated carbocycles. The molecule has 0 amide bonds. The Balaban J connectivity index is 2.77. The lowest BCUT2D eigenvalue weighted by Crippen LogP contribution is -2.40. The number of hydrogen-bond donors (Lipinski definition) is 2. The topological polar surface area (TPSA) is 32.3 Å². The van der Waals surface area contributed by atoms with Gasteiger partial charge in [-0.2, -0.15) is 0 Å². The molecule has 114 valence electrons. The molecule has 0 aliphatic heterocycles. The van der Waals surface area contributed by atoms with E-state index in [1.807, 2.05) is 0 Å². The van der Waals surface area contributed by atoms with Gasteiger partial charge in [0.25, 0.3) is 0 Å². The predicted octanol–water partition coefficient (Wildman–Crippen LogP) is 3.83. The Morgan fingerprint density at radius 3 is 2.35 bits per heavy atom. The number of nitrogens with one attached hydrogen (secondary N) is 1. The van der Waals surface area contributed by atoms with Gasteiger partial charge in [-0.15, -0.1) is 0 Å². The number of rotatable bonds is 7. The molecule has 0 saturated heterocycles. The Morgan fingerprint density at radius 1 is 1.20 bits per heavy atom. The van der Waals surface area contributed by atoms with E-state index in [0.717, 1.165) is 18.5 Å². The van der Waals surface area contributed by atoms with Gasteiger partial charge in [-0.25, -0.2) is 4.39 Å². The van der Waals surface area contributed by atoms with Crippen molar-refractivity contribution in [2.45, 2.75) is 53.2 Å². The van der Waals surface area contributed by atoms with E-state index in [2.05, 4.69) is 33.0 Å². The fourth-order valence-corrected chi connectivity index (χ4v) is 2.31. The lowest BCUT2D eigenvalue weighted by Gasteiger charge is -2.28. The predicted molar refractivity (Wildman–Crippen MR) is 82.2 cm³/mol. The number of aliphatic hydroxyl groups is 1. The smallest absolute Gasteiger partial charge is 0.126 e. The van der Waals surface area contributed by atoms with E-state index in [1.165, 1.54) is 6.07 Å². The fraction of sp³-hybridized carbons (Fsp3) is 0.647. The Hall–Kier alpha value is -0.930. The van der Waals surface area contributed by atoms with Crippen molar-refractivity contribution in [3.05, 3.63) is 35.1 Å². The van der Waals surface area contributed by atoms with Gasteiger partial charge in [0.15, 0.2) is 0 Å². The zero-order valence-corrected chi connectivity index (χ0v) is 13.3. The van der Waals surface area contributed by atoms with Crippen molar-refractivity contribution < 1.29 is 9.50 Å². The average molecular weight is 281 g/mol. The van der Waals surface area contributed by atoms with Crippen LogP contribution in [0.4, 0.5) is 4.39 Å². The van der Waals surface area contributed by atoms with Crippen LogP contribution in [0.1, 0.15) is 51.3 Å². The zero-order chi connectivity index (χ0) is 15.3. The van der Waals surface area contributed by atoms with Gasteiger partial charge >= 0.3 is 0 Å². The number of aryl methyl sites for hydroxylation is 1.